The lowest BCUT2D eigenvalue weighted by molar-refractivity contribution is -0.198. The molecular weight excluding hydrogens is 257 g/mol. The van der Waals surface area contributed by atoms with Crippen molar-refractivity contribution in [1.29, 1.82) is 0 Å². The summed E-state index contributed by atoms with van der Waals surface area (Å²) in [4.78, 5) is 12.0. The molecule has 112 valence electrons. The van der Waals surface area contributed by atoms with Crippen LogP contribution in [0.2, 0.25) is 0 Å². The first-order valence-electron chi connectivity index (χ1n) is 6.93. The first kappa shape index (κ1) is 16.3. The van der Waals surface area contributed by atoms with Crippen LogP contribution >= 0.6 is 0 Å². The van der Waals surface area contributed by atoms with Gasteiger partial charge in [0.2, 0.25) is 5.91 Å². The Labute approximate surface area is 112 Å². The van der Waals surface area contributed by atoms with Gasteiger partial charge in [-0.25, -0.2) is 0 Å². The van der Waals surface area contributed by atoms with Crippen LogP contribution in [0, 0.1) is 11.8 Å². The van der Waals surface area contributed by atoms with Gasteiger partial charge < -0.3 is 11.1 Å². The second-order valence-electron chi connectivity index (χ2n) is 5.38. The number of nitrogens with two attached hydrogens (primary N) is 1. The van der Waals surface area contributed by atoms with Crippen molar-refractivity contribution in [1.82, 2.24) is 5.32 Å². The van der Waals surface area contributed by atoms with Crippen LogP contribution in [0.15, 0.2) is 0 Å². The number of alkyl halides is 3. The average Bonchev–Trinajstić information content (AvgIpc) is 2.35. The lowest BCUT2D eigenvalue weighted by atomic mass is 9.78. The highest BCUT2D eigenvalue weighted by molar-refractivity contribution is 5.79. The molecule has 1 aliphatic carbocycles. The molecule has 1 amide bonds. The van der Waals surface area contributed by atoms with E-state index in [1.54, 1.807) is 6.92 Å². The molecule has 0 aromatic carbocycles. The Balaban J connectivity index is 2.57. The van der Waals surface area contributed by atoms with Gasteiger partial charge in [0.15, 0.2) is 0 Å². The largest absolute Gasteiger partial charge is 0.392 e. The SMILES string of the molecule is CC(CCCN)NC(=O)C1CCCCC1C(F)(F)F. The molecule has 6 heteroatoms. The molecular formula is C13H23F3N2O. The molecule has 3 unspecified atom stereocenters. The zero-order valence-electron chi connectivity index (χ0n) is 11.3. The van der Waals surface area contributed by atoms with Crippen LogP contribution in [0.25, 0.3) is 0 Å². The van der Waals surface area contributed by atoms with E-state index in [1.165, 1.54) is 0 Å². The quantitative estimate of drug-likeness (QED) is 0.813. The van der Waals surface area contributed by atoms with E-state index < -0.39 is 23.9 Å². The topological polar surface area (TPSA) is 55.1 Å². The molecule has 1 rings (SSSR count). The number of carbonyl (C=O) groups excluding carboxylic acids is 1. The Morgan fingerprint density at radius 3 is 2.58 bits per heavy atom. The van der Waals surface area contributed by atoms with Crippen molar-refractivity contribution < 1.29 is 18.0 Å². The first-order chi connectivity index (χ1) is 8.86. The fraction of sp³-hybridized carbons (Fsp3) is 0.923. The van der Waals surface area contributed by atoms with Gasteiger partial charge in [0.25, 0.3) is 0 Å². The van der Waals surface area contributed by atoms with E-state index in [1.807, 2.05) is 0 Å². The summed E-state index contributed by atoms with van der Waals surface area (Å²) in [5, 5.41) is 2.69. The maximum absolute atomic E-state index is 12.9. The highest BCUT2D eigenvalue weighted by Crippen LogP contribution is 2.41. The number of halogens is 3. The molecule has 1 aliphatic rings. The molecule has 0 aromatic rings. The van der Waals surface area contributed by atoms with Gasteiger partial charge in [-0.3, -0.25) is 4.79 Å². The van der Waals surface area contributed by atoms with E-state index in [9.17, 15) is 18.0 Å². The zero-order chi connectivity index (χ0) is 14.5. The molecule has 3 N–H and O–H groups in total. The van der Waals surface area contributed by atoms with Gasteiger partial charge in [0, 0.05) is 12.0 Å². The predicted molar refractivity (Wildman–Crippen MR) is 67.4 cm³/mol. The van der Waals surface area contributed by atoms with Crippen LogP contribution in [0.4, 0.5) is 13.2 Å². The number of hydrogen-bond acceptors (Lipinski definition) is 2. The van der Waals surface area contributed by atoms with Gasteiger partial charge in [0.1, 0.15) is 0 Å². The Kier molecular flexibility index (Phi) is 6.10. The fourth-order valence-electron chi connectivity index (χ4n) is 2.68. The minimum Gasteiger partial charge on any atom is -0.353 e. The molecule has 0 aromatic heterocycles. The second-order valence-corrected chi connectivity index (χ2v) is 5.38. The van der Waals surface area contributed by atoms with Crippen molar-refractivity contribution in [3.8, 4) is 0 Å². The van der Waals surface area contributed by atoms with Crippen LogP contribution in [0.3, 0.4) is 0 Å². The molecule has 3 atom stereocenters. The molecule has 0 spiro atoms. The fourth-order valence-corrected chi connectivity index (χ4v) is 2.68. The molecule has 0 bridgehead atoms. The standard InChI is InChI=1S/C13H23F3N2O/c1-9(5-4-8-17)18-12(19)10-6-2-3-7-11(10)13(14,15)16/h9-11H,2-8,17H2,1H3,(H,18,19). The molecule has 0 saturated heterocycles. The van der Waals surface area contributed by atoms with Crippen molar-refractivity contribution in [2.45, 2.75) is 57.7 Å². The molecule has 0 radical (unpaired) electrons. The highest BCUT2D eigenvalue weighted by Gasteiger charge is 2.48. The van der Waals surface area contributed by atoms with E-state index in [-0.39, 0.29) is 12.5 Å². The summed E-state index contributed by atoms with van der Waals surface area (Å²) in [6.45, 7) is 2.33. The van der Waals surface area contributed by atoms with Crippen LogP contribution < -0.4 is 11.1 Å². The van der Waals surface area contributed by atoms with Crippen molar-refractivity contribution in [2.24, 2.45) is 17.6 Å². The van der Waals surface area contributed by atoms with Crippen molar-refractivity contribution >= 4 is 5.91 Å². The van der Waals surface area contributed by atoms with E-state index in [4.69, 9.17) is 5.73 Å². The number of nitrogens with one attached hydrogen (secondary N) is 1. The molecule has 19 heavy (non-hydrogen) atoms. The second kappa shape index (κ2) is 7.12. The molecule has 0 heterocycles. The van der Waals surface area contributed by atoms with Crippen molar-refractivity contribution in [2.75, 3.05) is 6.54 Å². The van der Waals surface area contributed by atoms with Crippen molar-refractivity contribution in [3.63, 3.8) is 0 Å². The third-order valence-corrected chi connectivity index (χ3v) is 3.75. The summed E-state index contributed by atoms with van der Waals surface area (Å²) in [5.74, 6) is -2.86. The predicted octanol–water partition coefficient (Wildman–Crippen LogP) is 2.60. The Morgan fingerprint density at radius 2 is 2.00 bits per heavy atom. The molecule has 3 nitrogen and oxygen atoms in total. The normalized spacial score (nSPS) is 25.9. The lowest BCUT2D eigenvalue weighted by Crippen LogP contribution is -2.45. The Bertz CT molecular complexity index is 294. The number of rotatable bonds is 5. The minimum absolute atomic E-state index is 0.0682. The number of hydrogen-bond donors (Lipinski definition) is 2. The van der Waals surface area contributed by atoms with E-state index in [2.05, 4.69) is 5.32 Å². The maximum atomic E-state index is 12.9. The van der Waals surface area contributed by atoms with Crippen LogP contribution in [-0.4, -0.2) is 24.7 Å². The number of carbonyl (C=O) groups is 1. The summed E-state index contributed by atoms with van der Waals surface area (Å²) in [5.41, 5.74) is 5.37. The average molecular weight is 280 g/mol. The van der Waals surface area contributed by atoms with Gasteiger partial charge in [-0.05, 0) is 39.2 Å². The third kappa shape index (κ3) is 5.01. The van der Waals surface area contributed by atoms with Crippen LogP contribution in [0.5, 0.6) is 0 Å². The summed E-state index contributed by atoms with van der Waals surface area (Å²) in [6, 6.07) is -0.119. The smallest absolute Gasteiger partial charge is 0.353 e. The maximum Gasteiger partial charge on any atom is 0.392 e. The zero-order valence-corrected chi connectivity index (χ0v) is 11.3. The summed E-state index contributed by atoms with van der Waals surface area (Å²) in [7, 11) is 0. The van der Waals surface area contributed by atoms with Crippen molar-refractivity contribution in [3.05, 3.63) is 0 Å². The minimum atomic E-state index is -4.27. The van der Waals surface area contributed by atoms with Gasteiger partial charge in [-0.2, -0.15) is 13.2 Å². The summed E-state index contributed by atoms with van der Waals surface area (Å²) < 4.78 is 38.7. The first-order valence-corrected chi connectivity index (χ1v) is 6.93. The molecule has 0 aliphatic heterocycles. The van der Waals surface area contributed by atoms with Gasteiger partial charge in [-0.1, -0.05) is 12.8 Å². The number of amides is 1. The van der Waals surface area contributed by atoms with E-state index >= 15 is 0 Å². The van der Waals surface area contributed by atoms with Gasteiger partial charge in [-0.15, -0.1) is 0 Å². The van der Waals surface area contributed by atoms with E-state index in [0.717, 1.165) is 6.42 Å². The monoisotopic (exact) mass is 280 g/mol. The van der Waals surface area contributed by atoms with Crippen LogP contribution in [-0.2, 0) is 4.79 Å². The van der Waals surface area contributed by atoms with Gasteiger partial charge >= 0.3 is 6.18 Å². The van der Waals surface area contributed by atoms with Gasteiger partial charge in [0.05, 0.1) is 5.92 Å². The summed E-state index contributed by atoms with van der Waals surface area (Å²) >= 11 is 0. The molecule has 1 saturated carbocycles. The molecule has 1 fully saturated rings. The Hall–Kier alpha value is -0.780. The third-order valence-electron chi connectivity index (χ3n) is 3.75. The lowest BCUT2D eigenvalue weighted by Gasteiger charge is -2.32. The van der Waals surface area contributed by atoms with E-state index in [0.29, 0.717) is 32.2 Å². The van der Waals surface area contributed by atoms with Crippen LogP contribution in [0.1, 0.15) is 45.4 Å². The Morgan fingerprint density at radius 1 is 1.37 bits per heavy atom. The highest BCUT2D eigenvalue weighted by atomic mass is 19.4. The summed E-state index contributed by atoms with van der Waals surface area (Å²) in [6.07, 6.45) is -1.17.